The molecule has 3 aromatic rings. The van der Waals surface area contributed by atoms with Gasteiger partial charge < -0.3 is 4.90 Å². The van der Waals surface area contributed by atoms with E-state index in [9.17, 15) is 4.79 Å². The van der Waals surface area contributed by atoms with Crippen molar-refractivity contribution >= 4 is 23.4 Å². The second-order valence-electron chi connectivity index (χ2n) is 7.52. The SMILES string of the molecule is O=C(c1cccnc1)N1NC(N2CCN(Cc3ccccc3)CC2)=Nc2ncccc21. The Morgan fingerprint density at radius 2 is 1.74 bits per heavy atom. The zero-order valence-electron chi connectivity index (χ0n) is 17.1. The highest BCUT2D eigenvalue weighted by Crippen LogP contribution is 2.29. The summed E-state index contributed by atoms with van der Waals surface area (Å²) in [6.45, 7) is 4.40. The Morgan fingerprint density at radius 3 is 2.52 bits per heavy atom. The molecule has 0 spiro atoms. The first kappa shape index (κ1) is 19.2. The highest BCUT2D eigenvalue weighted by Gasteiger charge is 2.30. The fourth-order valence-corrected chi connectivity index (χ4v) is 3.81. The molecule has 0 aliphatic carbocycles. The van der Waals surface area contributed by atoms with Crippen LogP contribution in [0.5, 0.6) is 0 Å². The number of amides is 1. The van der Waals surface area contributed by atoms with E-state index in [0.717, 1.165) is 32.7 Å². The van der Waals surface area contributed by atoms with Crippen molar-refractivity contribution < 1.29 is 4.79 Å². The summed E-state index contributed by atoms with van der Waals surface area (Å²) >= 11 is 0. The Labute approximate surface area is 180 Å². The van der Waals surface area contributed by atoms with E-state index < -0.39 is 0 Å². The number of hydrogen-bond donors (Lipinski definition) is 1. The van der Waals surface area contributed by atoms with Gasteiger partial charge in [0.25, 0.3) is 5.91 Å². The zero-order chi connectivity index (χ0) is 21.0. The van der Waals surface area contributed by atoms with Gasteiger partial charge in [0.1, 0.15) is 5.69 Å². The van der Waals surface area contributed by atoms with Crippen LogP contribution < -0.4 is 10.4 Å². The van der Waals surface area contributed by atoms with E-state index >= 15 is 0 Å². The molecule has 1 aromatic carbocycles. The lowest BCUT2D eigenvalue weighted by Crippen LogP contribution is -2.58. The summed E-state index contributed by atoms with van der Waals surface area (Å²) in [5.74, 6) is 0.973. The minimum absolute atomic E-state index is 0.197. The fraction of sp³-hybridized carbons (Fsp3) is 0.217. The van der Waals surface area contributed by atoms with E-state index in [-0.39, 0.29) is 5.91 Å². The average molecular weight is 413 g/mol. The number of aliphatic imine (C=N–C) groups is 1. The Morgan fingerprint density at radius 1 is 0.935 bits per heavy atom. The molecule has 0 radical (unpaired) electrons. The Bertz CT molecular complexity index is 1080. The Hall–Kier alpha value is -3.78. The summed E-state index contributed by atoms with van der Waals surface area (Å²) in [6.07, 6.45) is 4.90. The van der Waals surface area contributed by atoms with Crippen LogP contribution in [0.25, 0.3) is 0 Å². The number of nitrogens with one attached hydrogen (secondary N) is 1. The minimum Gasteiger partial charge on any atom is -0.339 e. The number of anilines is 1. The van der Waals surface area contributed by atoms with Gasteiger partial charge in [-0.15, -0.1) is 0 Å². The first-order valence-electron chi connectivity index (χ1n) is 10.3. The molecule has 0 saturated carbocycles. The number of benzene rings is 1. The summed E-state index contributed by atoms with van der Waals surface area (Å²) in [6, 6.07) is 17.6. The molecule has 5 rings (SSSR count). The van der Waals surface area contributed by atoms with E-state index in [4.69, 9.17) is 4.99 Å². The van der Waals surface area contributed by atoms with Crippen LogP contribution in [-0.4, -0.2) is 57.8 Å². The number of carbonyl (C=O) groups excluding carboxylic acids is 1. The van der Waals surface area contributed by atoms with Crippen LogP contribution in [-0.2, 0) is 6.54 Å². The fourth-order valence-electron chi connectivity index (χ4n) is 3.81. The molecule has 2 aliphatic heterocycles. The smallest absolute Gasteiger partial charge is 0.278 e. The number of hydrazine groups is 1. The van der Waals surface area contributed by atoms with Gasteiger partial charge in [0, 0.05) is 51.3 Å². The first-order valence-corrected chi connectivity index (χ1v) is 10.3. The standard InChI is InChI=1S/C23H23N7O/c31-22(19-8-4-10-24-16-19)30-20-9-5-11-25-21(20)26-23(27-30)29-14-12-28(13-15-29)17-18-6-2-1-3-7-18/h1-11,16H,12-15,17H2,(H,25,26,27). The monoisotopic (exact) mass is 413 g/mol. The average Bonchev–Trinajstić information content (AvgIpc) is 2.84. The van der Waals surface area contributed by atoms with E-state index in [1.165, 1.54) is 10.6 Å². The van der Waals surface area contributed by atoms with Gasteiger partial charge in [-0.25, -0.2) is 9.99 Å². The predicted octanol–water partition coefficient (Wildman–Crippen LogP) is 2.45. The molecule has 8 nitrogen and oxygen atoms in total. The van der Waals surface area contributed by atoms with Crippen molar-refractivity contribution in [2.45, 2.75) is 6.54 Å². The van der Waals surface area contributed by atoms with Crippen LogP contribution in [0.15, 0.2) is 78.2 Å². The quantitative estimate of drug-likeness (QED) is 0.711. The maximum absolute atomic E-state index is 13.2. The van der Waals surface area contributed by atoms with E-state index in [1.807, 2.05) is 12.1 Å². The third-order valence-corrected chi connectivity index (χ3v) is 5.46. The lowest BCUT2D eigenvalue weighted by atomic mass is 10.2. The van der Waals surface area contributed by atoms with Gasteiger partial charge in [0.15, 0.2) is 5.82 Å². The summed E-state index contributed by atoms with van der Waals surface area (Å²) in [5, 5.41) is 1.51. The number of hydrogen-bond acceptors (Lipinski definition) is 7. The number of fused-ring (bicyclic) bond motifs is 1. The summed E-state index contributed by atoms with van der Waals surface area (Å²) in [7, 11) is 0. The lowest BCUT2D eigenvalue weighted by molar-refractivity contribution is 0.0976. The molecule has 1 amide bonds. The second-order valence-corrected chi connectivity index (χ2v) is 7.52. The molecular weight excluding hydrogens is 390 g/mol. The van der Waals surface area contributed by atoms with Crippen LogP contribution in [0.4, 0.5) is 11.5 Å². The largest absolute Gasteiger partial charge is 0.339 e. The summed E-state index contributed by atoms with van der Waals surface area (Å²) in [5.41, 5.74) is 5.66. The van der Waals surface area contributed by atoms with Crippen molar-refractivity contribution in [3.8, 4) is 0 Å². The van der Waals surface area contributed by atoms with Gasteiger partial charge in [-0.05, 0) is 29.8 Å². The molecule has 0 unspecified atom stereocenters. The van der Waals surface area contributed by atoms with Crippen molar-refractivity contribution in [3.63, 3.8) is 0 Å². The first-order chi connectivity index (χ1) is 15.3. The molecule has 8 heteroatoms. The third kappa shape index (κ3) is 4.10. The van der Waals surface area contributed by atoms with Crippen molar-refractivity contribution in [1.29, 1.82) is 0 Å². The number of pyridine rings is 2. The van der Waals surface area contributed by atoms with Gasteiger partial charge in [-0.1, -0.05) is 30.3 Å². The van der Waals surface area contributed by atoms with Gasteiger partial charge in [0.05, 0.1) is 5.56 Å². The van der Waals surface area contributed by atoms with Crippen LogP contribution in [0.1, 0.15) is 15.9 Å². The molecule has 4 heterocycles. The third-order valence-electron chi connectivity index (χ3n) is 5.46. The molecule has 1 fully saturated rings. The van der Waals surface area contributed by atoms with Crippen LogP contribution >= 0.6 is 0 Å². The number of nitrogens with zero attached hydrogens (tertiary/aromatic N) is 6. The van der Waals surface area contributed by atoms with Crippen LogP contribution in [0.2, 0.25) is 0 Å². The maximum atomic E-state index is 13.2. The van der Waals surface area contributed by atoms with Gasteiger partial charge in [-0.2, -0.15) is 4.99 Å². The highest BCUT2D eigenvalue weighted by atomic mass is 16.2. The Balaban J connectivity index is 1.32. The van der Waals surface area contributed by atoms with E-state index in [0.29, 0.717) is 23.0 Å². The topological polar surface area (TPSA) is 77.0 Å². The normalized spacial score (nSPS) is 16.3. The molecule has 0 bridgehead atoms. The molecule has 0 atom stereocenters. The summed E-state index contributed by atoms with van der Waals surface area (Å²) in [4.78, 5) is 30.9. The Kier molecular flexibility index (Phi) is 5.28. The lowest BCUT2D eigenvalue weighted by Gasteiger charge is -2.39. The van der Waals surface area contributed by atoms with E-state index in [1.54, 1.807) is 36.8 Å². The minimum atomic E-state index is -0.197. The number of piperazine rings is 1. The number of guanidine groups is 1. The molecular formula is C23H23N7O. The molecule has 31 heavy (non-hydrogen) atoms. The van der Waals surface area contributed by atoms with Crippen LogP contribution in [0, 0.1) is 0 Å². The molecule has 1 N–H and O–H groups in total. The van der Waals surface area contributed by atoms with Crippen molar-refractivity contribution in [2.24, 2.45) is 4.99 Å². The molecule has 1 saturated heterocycles. The zero-order valence-corrected chi connectivity index (χ0v) is 17.1. The van der Waals surface area contributed by atoms with Gasteiger partial charge in [0.2, 0.25) is 5.96 Å². The maximum Gasteiger partial charge on any atom is 0.278 e. The van der Waals surface area contributed by atoms with Crippen molar-refractivity contribution in [2.75, 3.05) is 31.2 Å². The number of aromatic nitrogens is 2. The van der Waals surface area contributed by atoms with E-state index in [2.05, 4.69) is 49.5 Å². The van der Waals surface area contributed by atoms with Crippen molar-refractivity contribution in [1.82, 2.24) is 25.2 Å². The van der Waals surface area contributed by atoms with Crippen LogP contribution in [0.3, 0.4) is 0 Å². The number of carbonyl (C=O) groups is 1. The summed E-state index contributed by atoms with van der Waals surface area (Å²) < 4.78 is 0. The molecule has 2 aromatic heterocycles. The molecule has 156 valence electrons. The highest BCUT2D eigenvalue weighted by molar-refractivity contribution is 6.10. The van der Waals surface area contributed by atoms with Crippen molar-refractivity contribution in [3.05, 3.63) is 84.3 Å². The predicted molar refractivity (Wildman–Crippen MR) is 119 cm³/mol. The van der Waals surface area contributed by atoms with Gasteiger partial charge in [-0.3, -0.25) is 20.1 Å². The van der Waals surface area contributed by atoms with Gasteiger partial charge >= 0.3 is 0 Å². The second kappa shape index (κ2) is 8.53. The number of rotatable bonds is 3. The molecule has 2 aliphatic rings.